The number of esters is 1. The summed E-state index contributed by atoms with van der Waals surface area (Å²) in [6.45, 7) is 2.76. The molecule has 0 amide bonds. The Labute approximate surface area is 167 Å². The largest absolute Gasteiger partial charge is 0.494 e. The molecule has 0 radical (unpaired) electrons. The van der Waals surface area contributed by atoms with Crippen LogP contribution in [0.15, 0.2) is 36.9 Å². The zero-order valence-electron chi connectivity index (χ0n) is 16.2. The topological polar surface area (TPSA) is 91.2 Å². The van der Waals surface area contributed by atoms with Crippen LogP contribution in [0, 0.1) is 5.82 Å². The van der Waals surface area contributed by atoms with Gasteiger partial charge in [-0.15, -0.1) is 0 Å². The first-order chi connectivity index (χ1) is 14.0. The summed E-state index contributed by atoms with van der Waals surface area (Å²) in [6, 6.07) is 2.69. The molecule has 29 heavy (non-hydrogen) atoms. The quantitative estimate of drug-likeness (QED) is 0.610. The molecule has 9 heteroatoms. The van der Waals surface area contributed by atoms with Gasteiger partial charge >= 0.3 is 5.97 Å². The number of methoxy groups -OCH3 is 2. The zero-order valence-corrected chi connectivity index (χ0v) is 16.2. The molecule has 1 N–H and O–H groups in total. The summed E-state index contributed by atoms with van der Waals surface area (Å²) >= 11 is 0. The van der Waals surface area contributed by atoms with E-state index in [0.29, 0.717) is 11.5 Å². The fourth-order valence-corrected chi connectivity index (χ4v) is 2.53. The number of carbonyl (C=O) groups is 1. The summed E-state index contributed by atoms with van der Waals surface area (Å²) in [7, 11) is 2.59. The van der Waals surface area contributed by atoms with Crippen LogP contribution in [0.3, 0.4) is 0 Å². The molecule has 0 aliphatic heterocycles. The van der Waals surface area contributed by atoms with E-state index in [1.165, 1.54) is 32.4 Å². The van der Waals surface area contributed by atoms with E-state index < -0.39 is 11.8 Å². The van der Waals surface area contributed by atoms with E-state index in [0.717, 1.165) is 12.2 Å². The van der Waals surface area contributed by atoms with Crippen LogP contribution in [0.5, 0.6) is 5.75 Å². The highest BCUT2D eigenvalue weighted by molar-refractivity contribution is 5.91. The van der Waals surface area contributed by atoms with Crippen LogP contribution >= 0.6 is 0 Å². The second-order valence-electron chi connectivity index (χ2n) is 5.96. The van der Waals surface area contributed by atoms with Crippen molar-refractivity contribution in [2.45, 2.75) is 13.5 Å². The number of nitrogens with zero attached hydrogens (tertiary/aromatic N) is 4. The molecule has 2 aromatic heterocycles. The second-order valence-corrected chi connectivity index (χ2v) is 5.96. The molecule has 8 nitrogen and oxygen atoms in total. The van der Waals surface area contributed by atoms with Crippen LogP contribution in [-0.4, -0.2) is 39.9 Å². The summed E-state index contributed by atoms with van der Waals surface area (Å²) in [5, 5.41) is 7.22. The van der Waals surface area contributed by atoms with Crippen molar-refractivity contribution in [2.75, 3.05) is 19.5 Å². The van der Waals surface area contributed by atoms with Gasteiger partial charge in [0.25, 0.3) is 0 Å². The van der Waals surface area contributed by atoms with Crippen molar-refractivity contribution in [3.63, 3.8) is 0 Å². The molecule has 1 aromatic carbocycles. The number of aromatic nitrogens is 4. The minimum Gasteiger partial charge on any atom is -0.494 e. The van der Waals surface area contributed by atoms with E-state index in [1.807, 2.05) is 13.1 Å². The molecule has 0 aliphatic carbocycles. The molecule has 3 aromatic rings. The van der Waals surface area contributed by atoms with Gasteiger partial charge < -0.3 is 14.8 Å². The molecule has 0 fully saturated rings. The number of carbonyl (C=O) groups excluding carboxylic acids is 1. The lowest BCUT2D eigenvalue weighted by atomic mass is 10.1. The van der Waals surface area contributed by atoms with Gasteiger partial charge in [-0.3, -0.25) is 4.68 Å². The summed E-state index contributed by atoms with van der Waals surface area (Å²) in [5.41, 5.74) is 1.80. The Balaban J connectivity index is 1.78. The molecule has 0 saturated carbocycles. The highest BCUT2D eigenvalue weighted by Gasteiger charge is 2.14. The fraction of sp³-hybridized carbons (Fsp3) is 0.200. The third kappa shape index (κ3) is 4.75. The minimum atomic E-state index is -0.580. The van der Waals surface area contributed by atoms with E-state index in [-0.39, 0.29) is 16.9 Å². The SMILES string of the molecule is CCn1cc(Nc2ncc(C=Cc3cc(C(=O)OC)cc(OC)c3F)cn2)cn1. The monoisotopic (exact) mass is 397 g/mol. The van der Waals surface area contributed by atoms with Crippen molar-refractivity contribution in [3.8, 4) is 5.75 Å². The van der Waals surface area contributed by atoms with Gasteiger partial charge in [0, 0.05) is 36.3 Å². The Morgan fingerprint density at radius 2 is 1.97 bits per heavy atom. The molecule has 0 atom stereocenters. The summed E-state index contributed by atoms with van der Waals surface area (Å²) < 4.78 is 26.0. The number of rotatable bonds is 7. The van der Waals surface area contributed by atoms with E-state index in [2.05, 4.69) is 20.4 Å². The molecule has 3 rings (SSSR count). The van der Waals surface area contributed by atoms with Crippen molar-refractivity contribution in [1.82, 2.24) is 19.7 Å². The number of halogens is 1. The van der Waals surface area contributed by atoms with Crippen LogP contribution in [0.1, 0.15) is 28.4 Å². The molecule has 150 valence electrons. The van der Waals surface area contributed by atoms with Gasteiger partial charge in [-0.2, -0.15) is 5.10 Å². The number of hydrogen-bond acceptors (Lipinski definition) is 7. The second kappa shape index (κ2) is 8.96. The molecular formula is C20H20FN5O3. The van der Waals surface area contributed by atoms with Crippen LogP contribution in [0.2, 0.25) is 0 Å². The maximum absolute atomic E-state index is 14.5. The predicted octanol–water partition coefficient (Wildman–Crippen LogP) is 3.54. The van der Waals surface area contributed by atoms with Gasteiger partial charge in [0.2, 0.25) is 5.95 Å². The number of anilines is 2. The first-order valence-corrected chi connectivity index (χ1v) is 8.79. The molecule has 0 saturated heterocycles. The molecular weight excluding hydrogens is 377 g/mol. The van der Waals surface area contributed by atoms with Crippen molar-refractivity contribution in [3.05, 3.63) is 59.4 Å². The van der Waals surface area contributed by atoms with Crippen molar-refractivity contribution in [1.29, 1.82) is 0 Å². The summed E-state index contributed by atoms with van der Waals surface area (Å²) in [6.07, 6.45) is 9.87. The van der Waals surface area contributed by atoms with Crippen LogP contribution in [0.4, 0.5) is 16.0 Å². The van der Waals surface area contributed by atoms with Crippen LogP contribution in [0.25, 0.3) is 12.2 Å². The van der Waals surface area contributed by atoms with Gasteiger partial charge in [-0.05, 0) is 19.1 Å². The Kier molecular flexibility index (Phi) is 6.18. The average molecular weight is 397 g/mol. The lowest BCUT2D eigenvalue weighted by Gasteiger charge is -2.08. The molecule has 0 aliphatic rings. The van der Waals surface area contributed by atoms with Crippen molar-refractivity contribution >= 4 is 29.8 Å². The standard InChI is InChI=1S/C20H20FN5O3/c1-4-26-12-16(11-24-26)25-20-22-9-13(10-23-20)5-6-14-7-15(19(27)29-3)8-17(28-2)18(14)21/h5-12H,4H2,1-3H3,(H,22,23,25). The van der Waals surface area contributed by atoms with Gasteiger partial charge in [0.05, 0.1) is 31.7 Å². The first-order valence-electron chi connectivity index (χ1n) is 8.79. The number of hydrogen-bond donors (Lipinski definition) is 1. The highest BCUT2D eigenvalue weighted by atomic mass is 19.1. The third-order valence-corrected chi connectivity index (χ3v) is 4.05. The summed E-state index contributed by atoms with van der Waals surface area (Å²) in [5.74, 6) is -0.791. The lowest BCUT2D eigenvalue weighted by Crippen LogP contribution is -2.03. The maximum Gasteiger partial charge on any atom is 0.338 e. The molecule has 0 spiro atoms. The first kappa shape index (κ1) is 20.0. The Morgan fingerprint density at radius 3 is 2.59 bits per heavy atom. The molecule has 0 bridgehead atoms. The average Bonchev–Trinajstić information content (AvgIpc) is 3.21. The van der Waals surface area contributed by atoms with E-state index >= 15 is 0 Å². The van der Waals surface area contributed by atoms with E-state index in [4.69, 9.17) is 9.47 Å². The van der Waals surface area contributed by atoms with Crippen molar-refractivity contribution in [2.24, 2.45) is 0 Å². The van der Waals surface area contributed by atoms with Crippen LogP contribution < -0.4 is 10.1 Å². The van der Waals surface area contributed by atoms with Crippen LogP contribution in [-0.2, 0) is 11.3 Å². The smallest absolute Gasteiger partial charge is 0.338 e. The highest BCUT2D eigenvalue weighted by Crippen LogP contribution is 2.25. The Hall–Kier alpha value is -3.75. The number of aryl methyl sites for hydroxylation is 1. The Morgan fingerprint density at radius 1 is 1.21 bits per heavy atom. The van der Waals surface area contributed by atoms with Crippen molar-refractivity contribution < 1.29 is 18.7 Å². The molecule has 0 unspecified atom stereocenters. The molecule has 2 heterocycles. The number of ether oxygens (including phenoxy) is 2. The lowest BCUT2D eigenvalue weighted by molar-refractivity contribution is 0.0600. The van der Waals surface area contributed by atoms with Gasteiger partial charge in [0.15, 0.2) is 11.6 Å². The van der Waals surface area contributed by atoms with Gasteiger partial charge in [-0.1, -0.05) is 12.2 Å². The maximum atomic E-state index is 14.5. The number of nitrogens with one attached hydrogen (secondary N) is 1. The summed E-state index contributed by atoms with van der Waals surface area (Å²) in [4.78, 5) is 20.2. The third-order valence-electron chi connectivity index (χ3n) is 4.05. The zero-order chi connectivity index (χ0) is 20.8. The fourth-order valence-electron chi connectivity index (χ4n) is 2.53. The van der Waals surface area contributed by atoms with Gasteiger partial charge in [-0.25, -0.2) is 19.2 Å². The van der Waals surface area contributed by atoms with E-state index in [1.54, 1.807) is 29.3 Å². The predicted molar refractivity (Wildman–Crippen MR) is 106 cm³/mol. The Bertz CT molecular complexity index is 1030. The minimum absolute atomic E-state index is 0.0454. The van der Waals surface area contributed by atoms with Gasteiger partial charge in [0.1, 0.15) is 0 Å². The number of benzene rings is 1. The van der Waals surface area contributed by atoms with E-state index in [9.17, 15) is 9.18 Å². The normalized spacial score (nSPS) is 10.9.